The van der Waals surface area contributed by atoms with E-state index in [1.165, 1.54) is 18.2 Å². The van der Waals surface area contributed by atoms with Gasteiger partial charge in [0.1, 0.15) is 0 Å². The fourth-order valence-electron chi connectivity index (χ4n) is 1.41. The summed E-state index contributed by atoms with van der Waals surface area (Å²) in [5.41, 5.74) is 0.415. The first kappa shape index (κ1) is 13.3. The van der Waals surface area contributed by atoms with E-state index in [4.69, 9.17) is 0 Å². The lowest BCUT2D eigenvalue weighted by molar-refractivity contribution is -0.137. The molecule has 1 unspecified atom stereocenters. The van der Waals surface area contributed by atoms with Gasteiger partial charge in [0.2, 0.25) is 0 Å². The van der Waals surface area contributed by atoms with Crippen LogP contribution < -0.4 is 0 Å². The van der Waals surface area contributed by atoms with Crippen molar-refractivity contribution in [1.29, 1.82) is 0 Å². The molecular formula is C11H6F3O2S2-. The van der Waals surface area contributed by atoms with Crippen molar-refractivity contribution in [2.45, 2.75) is 10.4 Å². The summed E-state index contributed by atoms with van der Waals surface area (Å²) in [6.45, 7) is 0. The topological polar surface area (TPSA) is 40.1 Å². The molecule has 18 heavy (non-hydrogen) atoms. The largest absolute Gasteiger partial charge is 0.768 e. The van der Waals surface area contributed by atoms with E-state index in [1.807, 2.05) is 0 Å². The van der Waals surface area contributed by atoms with Crippen LogP contribution in [0.1, 0.15) is 5.56 Å². The van der Waals surface area contributed by atoms with Gasteiger partial charge in [-0.25, -0.2) is 0 Å². The Kier molecular flexibility index (Phi) is 3.56. The zero-order chi connectivity index (χ0) is 13.3. The SMILES string of the molecule is O=S([O-])c1cc(-c2ccc(C(F)(F)F)cc2)cs1. The lowest BCUT2D eigenvalue weighted by atomic mass is 10.1. The number of alkyl halides is 3. The molecule has 1 atom stereocenters. The molecule has 1 aromatic heterocycles. The van der Waals surface area contributed by atoms with Crippen LogP contribution in [-0.4, -0.2) is 8.76 Å². The molecule has 96 valence electrons. The van der Waals surface area contributed by atoms with Crippen molar-refractivity contribution in [3.63, 3.8) is 0 Å². The van der Waals surface area contributed by atoms with Gasteiger partial charge in [-0.2, -0.15) is 13.2 Å². The Labute approximate surface area is 107 Å². The maximum Gasteiger partial charge on any atom is 0.416 e. The molecule has 2 nitrogen and oxygen atoms in total. The number of hydrogen-bond acceptors (Lipinski definition) is 3. The van der Waals surface area contributed by atoms with E-state index in [2.05, 4.69) is 0 Å². The average molecular weight is 291 g/mol. The van der Waals surface area contributed by atoms with E-state index in [-0.39, 0.29) is 4.21 Å². The molecule has 0 radical (unpaired) electrons. The Morgan fingerprint density at radius 1 is 1.11 bits per heavy atom. The molecule has 0 spiro atoms. The average Bonchev–Trinajstić information content (AvgIpc) is 2.77. The third kappa shape index (κ3) is 2.80. The first-order valence-electron chi connectivity index (χ1n) is 4.73. The van der Waals surface area contributed by atoms with Gasteiger partial charge in [0.05, 0.1) is 9.77 Å². The van der Waals surface area contributed by atoms with Gasteiger partial charge in [0.15, 0.2) is 0 Å². The Hall–Kier alpha value is -1.18. The molecule has 0 bridgehead atoms. The number of thiophene rings is 1. The molecule has 0 fully saturated rings. The Morgan fingerprint density at radius 3 is 2.17 bits per heavy atom. The lowest BCUT2D eigenvalue weighted by Gasteiger charge is -2.06. The molecule has 0 aliphatic heterocycles. The van der Waals surface area contributed by atoms with Crippen molar-refractivity contribution >= 4 is 22.4 Å². The second kappa shape index (κ2) is 4.83. The molecule has 2 aromatic rings. The summed E-state index contributed by atoms with van der Waals surface area (Å²) in [4.78, 5) is 0. The number of rotatable bonds is 2. The highest BCUT2D eigenvalue weighted by Gasteiger charge is 2.29. The van der Waals surface area contributed by atoms with Crippen LogP contribution in [0.5, 0.6) is 0 Å². The first-order valence-corrected chi connectivity index (χ1v) is 6.69. The fraction of sp³-hybridized carbons (Fsp3) is 0.0909. The molecule has 0 saturated carbocycles. The molecule has 0 aliphatic carbocycles. The van der Waals surface area contributed by atoms with Crippen molar-refractivity contribution in [2.75, 3.05) is 0 Å². The Morgan fingerprint density at radius 2 is 1.72 bits per heavy atom. The molecule has 2 rings (SSSR count). The standard InChI is InChI=1S/C11H7F3O2S2/c12-11(13,14)9-3-1-7(2-4-9)8-5-10(17-6-8)18(15)16/h1-6H,(H,15,16)/p-1. The summed E-state index contributed by atoms with van der Waals surface area (Å²) in [5, 5.41) is 1.59. The maximum absolute atomic E-state index is 12.4. The van der Waals surface area contributed by atoms with Crippen LogP contribution in [-0.2, 0) is 17.3 Å². The lowest BCUT2D eigenvalue weighted by Crippen LogP contribution is -2.03. The van der Waals surface area contributed by atoms with Crippen LogP contribution in [0.15, 0.2) is 39.9 Å². The summed E-state index contributed by atoms with van der Waals surface area (Å²) in [6.07, 6.45) is -4.37. The Balaban J connectivity index is 2.31. The predicted octanol–water partition coefficient (Wildman–Crippen LogP) is 3.67. The first-order chi connectivity index (χ1) is 8.38. The molecule has 7 heteroatoms. The van der Waals surface area contributed by atoms with E-state index in [0.717, 1.165) is 23.5 Å². The van der Waals surface area contributed by atoms with Crippen molar-refractivity contribution in [1.82, 2.24) is 0 Å². The summed E-state index contributed by atoms with van der Waals surface area (Å²) >= 11 is -1.28. The van der Waals surface area contributed by atoms with Gasteiger partial charge in [-0.1, -0.05) is 12.1 Å². The zero-order valence-corrected chi connectivity index (χ0v) is 10.4. The molecule has 0 N–H and O–H groups in total. The van der Waals surface area contributed by atoms with Gasteiger partial charge in [0.25, 0.3) is 0 Å². The van der Waals surface area contributed by atoms with E-state index < -0.39 is 22.8 Å². The summed E-state index contributed by atoms with van der Waals surface area (Å²) in [5.74, 6) is 0. The van der Waals surface area contributed by atoms with Crippen molar-refractivity contribution in [3.8, 4) is 11.1 Å². The second-order valence-corrected chi connectivity index (χ2v) is 5.54. The van der Waals surface area contributed by atoms with Crippen LogP contribution in [0.25, 0.3) is 11.1 Å². The summed E-state index contributed by atoms with van der Waals surface area (Å²) in [6, 6.07) is 6.02. The van der Waals surface area contributed by atoms with Gasteiger partial charge in [-0.05, 0) is 45.8 Å². The van der Waals surface area contributed by atoms with Gasteiger partial charge in [-0.3, -0.25) is 4.21 Å². The van der Waals surface area contributed by atoms with Crippen molar-refractivity contribution in [2.24, 2.45) is 0 Å². The van der Waals surface area contributed by atoms with E-state index in [1.54, 1.807) is 5.38 Å². The normalized spacial score (nSPS) is 13.6. The van der Waals surface area contributed by atoms with Crippen molar-refractivity contribution in [3.05, 3.63) is 41.3 Å². The molecule has 0 amide bonds. The van der Waals surface area contributed by atoms with E-state index >= 15 is 0 Å². The minimum Gasteiger partial charge on any atom is -0.768 e. The van der Waals surface area contributed by atoms with E-state index in [0.29, 0.717) is 11.1 Å². The zero-order valence-electron chi connectivity index (χ0n) is 8.73. The predicted molar refractivity (Wildman–Crippen MR) is 61.9 cm³/mol. The Bertz CT molecular complexity index is 573. The van der Waals surface area contributed by atoms with Crippen LogP contribution in [0.2, 0.25) is 0 Å². The number of benzene rings is 1. The second-order valence-electron chi connectivity index (χ2n) is 3.46. The number of hydrogen-bond donors (Lipinski definition) is 0. The van der Waals surface area contributed by atoms with Crippen molar-refractivity contribution < 1.29 is 21.9 Å². The van der Waals surface area contributed by atoms with E-state index in [9.17, 15) is 21.9 Å². The smallest absolute Gasteiger partial charge is 0.416 e. The third-order valence-electron chi connectivity index (χ3n) is 2.29. The molecule has 1 aromatic carbocycles. The molecule has 0 aliphatic rings. The summed E-state index contributed by atoms with van der Waals surface area (Å²) < 4.78 is 58.6. The van der Waals surface area contributed by atoms with Crippen LogP contribution >= 0.6 is 11.3 Å². The number of halogens is 3. The fourth-order valence-corrected chi connectivity index (χ4v) is 2.73. The third-order valence-corrected chi connectivity index (χ3v) is 4.15. The van der Waals surface area contributed by atoms with Gasteiger partial charge >= 0.3 is 6.18 Å². The van der Waals surface area contributed by atoms with Crippen LogP contribution in [0.3, 0.4) is 0 Å². The highest BCUT2D eigenvalue weighted by atomic mass is 32.2. The van der Waals surface area contributed by atoms with Gasteiger partial charge < -0.3 is 4.55 Å². The summed E-state index contributed by atoms with van der Waals surface area (Å²) in [7, 11) is 0. The molecule has 0 saturated heterocycles. The highest BCUT2D eigenvalue weighted by Crippen LogP contribution is 2.32. The van der Waals surface area contributed by atoms with Crippen LogP contribution in [0, 0.1) is 0 Å². The highest BCUT2D eigenvalue weighted by molar-refractivity contribution is 7.81. The van der Waals surface area contributed by atoms with Gasteiger partial charge in [0, 0.05) is 0 Å². The van der Waals surface area contributed by atoms with Gasteiger partial charge in [-0.15, -0.1) is 11.3 Å². The monoisotopic (exact) mass is 291 g/mol. The minimum absolute atomic E-state index is 0.157. The van der Waals surface area contributed by atoms with Crippen LogP contribution in [0.4, 0.5) is 13.2 Å². The minimum atomic E-state index is -4.37. The quantitative estimate of drug-likeness (QED) is 0.792. The maximum atomic E-state index is 12.4. The molecular weight excluding hydrogens is 285 g/mol. The molecule has 1 heterocycles.